The SMILES string of the molecule is O=C(NC(CNC(=O)C1CCN(c2ccc(NC3=NCCCN3)cc2)CC1)C(=O)O)OCc1ccccc1. The van der Waals surface area contributed by atoms with Gasteiger partial charge in [0.1, 0.15) is 12.6 Å². The molecule has 202 valence electrons. The summed E-state index contributed by atoms with van der Waals surface area (Å²) in [7, 11) is 0. The van der Waals surface area contributed by atoms with Gasteiger partial charge in [0, 0.05) is 50.0 Å². The summed E-state index contributed by atoms with van der Waals surface area (Å²) in [6.07, 6.45) is 1.49. The largest absolute Gasteiger partial charge is 0.480 e. The molecule has 11 nitrogen and oxygen atoms in total. The second kappa shape index (κ2) is 13.3. The molecule has 1 unspecified atom stereocenters. The molecule has 2 aromatic rings. The maximum Gasteiger partial charge on any atom is 0.408 e. The van der Waals surface area contributed by atoms with Crippen molar-refractivity contribution in [1.82, 2.24) is 16.0 Å². The number of benzene rings is 2. The Bertz CT molecular complexity index is 1120. The smallest absolute Gasteiger partial charge is 0.408 e. The Balaban J connectivity index is 1.19. The van der Waals surface area contributed by atoms with Gasteiger partial charge < -0.3 is 36.0 Å². The van der Waals surface area contributed by atoms with Crippen molar-refractivity contribution < 1.29 is 24.2 Å². The van der Waals surface area contributed by atoms with Crippen LogP contribution in [0.1, 0.15) is 24.8 Å². The van der Waals surface area contributed by atoms with Crippen LogP contribution in [0, 0.1) is 5.92 Å². The number of hydrogen-bond donors (Lipinski definition) is 5. The second-order valence-corrected chi connectivity index (χ2v) is 9.29. The number of piperidine rings is 1. The number of hydrogen-bond acceptors (Lipinski definition) is 8. The number of ether oxygens (including phenoxy) is 1. The van der Waals surface area contributed by atoms with Crippen LogP contribution in [0.5, 0.6) is 0 Å². The van der Waals surface area contributed by atoms with E-state index in [-0.39, 0.29) is 25.0 Å². The number of aliphatic carboxylic acids is 1. The fraction of sp³-hybridized carbons (Fsp3) is 0.407. The molecule has 0 radical (unpaired) electrons. The number of nitrogens with one attached hydrogen (secondary N) is 4. The number of carboxylic acids is 1. The third-order valence-corrected chi connectivity index (χ3v) is 6.54. The molecule has 2 heterocycles. The monoisotopic (exact) mass is 522 g/mol. The molecule has 11 heteroatoms. The van der Waals surface area contributed by atoms with Crippen LogP contribution in [0.3, 0.4) is 0 Å². The van der Waals surface area contributed by atoms with Crippen molar-refractivity contribution in [2.45, 2.75) is 31.9 Å². The second-order valence-electron chi connectivity index (χ2n) is 9.29. The van der Waals surface area contributed by atoms with Gasteiger partial charge in [-0.3, -0.25) is 9.79 Å². The van der Waals surface area contributed by atoms with Gasteiger partial charge >= 0.3 is 12.1 Å². The average Bonchev–Trinajstić information content (AvgIpc) is 2.95. The van der Waals surface area contributed by atoms with E-state index in [9.17, 15) is 19.5 Å². The predicted molar refractivity (Wildman–Crippen MR) is 144 cm³/mol. The minimum atomic E-state index is -1.29. The lowest BCUT2D eigenvalue weighted by molar-refractivity contribution is -0.139. The van der Waals surface area contributed by atoms with Gasteiger partial charge in [0.15, 0.2) is 5.96 Å². The summed E-state index contributed by atoms with van der Waals surface area (Å²) in [6, 6.07) is 15.9. The molecule has 5 N–H and O–H groups in total. The molecule has 1 fully saturated rings. The number of amides is 2. The molecule has 2 aromatic carbocycles. The number of guanidine groups is 1. The van der Waals surface area contributed by atoms with E-state index in [0.717, 1.165) is 42.4 Å². The molecule has 2 aliphatic heterocycles. The first-order chi connectivity index (χ1) is 18.5. The first kappa shape index (κ1) is 26.8. The van der Waals surface area contributed by atoms with Crippen molar-refractivity contribution in [1.29, 1.82) is 0 Å². The highest BCUT2D eigenvalue weighted by Gasteiger charge is 2.27. The summed E-state index contributed by atoms with van der Waals surface area (Å²) in [5.41, 5.74) is 2.83. The van der Waals surface area contributed by atoms with Gasteiger partial charge in [0.2, 0.25) is 5.91 Å². The summed E-state index contributed by atoms with van der Waals surface area (Å²) in [6.45, 7) is 2.97. The highest BCUT2D eigenvalue weighted by atomic mass is 16.5. The number of nitrogens with zero attached hydrogens (tertiary/aromatic N) is 2. The van der Waals surface area contributed by atoms with E-state index in [1.54, 1.807) is 12.1 Å². The normalized spacial score (nSPS) is 16.4. The number of alkyl carbamates (subject to hydrolysis) is 1. The van der Waals surface area contributed by atoms with E-state index in [1.807, 2.05) is 42.5 Å². The first-order valence-electron chi connectivity index (χ1n) is 12.9. The van der Waals surface area contributed by atoms with E-state index >= 15 is 0 Å². The molecule has 2 amide bonds. The van der Waals surface area contributed by atoms with Crippen molar-refractivity contribution in [2.24, 2.45) is 10.9 Å². The lowest BCUT2D eigenvalue weighted by Crippen LogP contribution is -2.50. The zero-order chi connectivity index (χ0) is 26.7. The van der Waals surface area contributed by atoms with E-state index in [4.69, 9.17) is 4.74 Å². The highest BCUT2D eigenvalue weighted by molar-refractivity contribution is 5.94. The van der Waals surface area contributed by atoms with Gasteiger partial charge in [-0.15, -0.1) is 0 Å². The molecule has 1 saturated heterocycles. The van der Waals surface area contributed by atoms with E-state index in [2.05, 4.69) is 31.2 Å². The number of carboxylic acid groups (broad SMARTS) is 1. The van der Waals surface area contributed by atoms with Crippen LogP contribution in [0.15, 0.2) is 59.6 Å². The van der Waals surface area contributed by atoms with Gasteiger partial charge in [0.25, 0.3) is 0 Å². The van der Waals surface area contributed by atoms with Crippen molar-refractivity contribution in [2.75, 3.05) is 42.9 Å². The standard InChI is InChI=1S/C27H34N6O5/c34-24(30-17-23(25(35)36)32-27(37)38-18-19-5-2-1-3-6-19)20-11-15-33(16-12-20)22-9-7-21(8-10-22)31-26-28-13-4-14-29-26/h1-3,5-10,20,23H,4,11-18H2,(H,30,34)(H,32,37)(H,35,36)(H2,28,29,31). The topological polar surface area (TPSA) is 144 Å². The van der Waals surface area contributed by atoms with Crippen LogP contribution >= 0.6 is 0 Å². The van der Waals surface area contributed by atoms with Crippen molar-refractivity contribution in [3.63, 3.8) is 0 Å². The molecule has 0 bridgehead atoms. The summed E-state index contributed by atoms with van der Waals surface area (Å²) in [5.74, 6) is -0.890. The Morgan fingerprint density at radius 2 is 1.82 bits per heavy atom. The van der Waals surface area contributed by atoms with Gasteiger partial charge in [-0.05, 0) is 49.1 Å². The van der Waals surface area contributed by atoms with E-state index in [1.165, 1.54) is 0 Å². The first-order valence-corrected chi connectivity index (χ1v) is 12.9. The predicted octanol–water partition coefficient (Wildman–Crippen LogP) is 2.16. The molecule has 38 heavy (non-hydrogen) atoms. The lowest BCUT2D eigenvalue weighted by Gasteiger charge is -2.33. The molecule has 4 rings (SSSR count). The molecular weight excluding hydrogens is 488 g/mol. The van der Waals surface area contributed by atoms with Crippen LogP contribution in [0.4, 0.5) is 16.2 Å². The van der Waals surface area contributed by atoms with Crippen LogP contribution in [-0.4, -0.2) is 67.8 Å². The molecule has 0 spiro atoms. The summed E-state index contributed by atoms with van der Waals surface area (Å²) < 4.78 is 5.09. The van der Waals surface area contributed by atoms with Crippen LogP contribution < -0.4 is 26.2 Å². The Morgan fingerprint density at radius 3 is 2.47 bits per heavy atom. The molecule has 0 aromatic heterocycles. The third kappa shape index (κ3) is 7.86. The molecule has 0 saturated carbocycles. The van der Waals surface area contributed by atoms with Crippen LogP contribution in [0.25, 0.3) is 0 Å². The van der Waals surface area contributed by atoms with Gasteiger partial charge in [-0.25, -0.2) is 9.59 Å². The highest BCUT2D eigenvalue weighted by Crippen LogP contribution is 2.25. The number of carbonyl (C=O) groups is 3. The molecule has 0 aliphatic carbocycles. The number of aliphatic imine (C=N–C) groups is 1. The summed E-state index contributed by atoms with van der Waals surface area (Å²) in [5, 5.41) is 21.0. The van der Waals surface area contributed by atoms with Gasteiger partial charge in [-0.2, -0.15) is 0 Å². The molecule has 1 atom stereocenters. The zero-order valence-electron chi connectivity index (χ0n) is 21.2. The molecular formula is C27H34N6O5. The Kier molecular flexibility index (Phi) is 9.38. The Hall–Kier alpha value is -4.28. The van der Waals surface area contributed by atoms with Crippen molar-refractivity contribution in [3.05, 3.63) is 60.2 Å². The maximum atomic E-state index is 12.7. The zero-order valence-corrected chi connectivity index (χ0v) is 21.2. The third-order valence-electron chi connectivity index (χ3n) is 6.54. The number of carbonyl (C=O) groups excluding carboxylic acids is 2. The Morgan fingerprint density at radius 1 is 1.08 bits per heavy atom. The summed E-state index contributed by atoms with van der Waals surface area (Å²) >= 11 is 0. The van der Waals surface area contributed by atoms with Gasteiger partial charge in [-0.1, -0.05) is 30.3 Å². The van der Waals surface area contributed by atoms with Crippen molar-refractivity contribution in [3.8, 4) is 0 Å². The van der Waals surface area contributed by atoms with Crippen molar-refractivity contribution >= 4 is 35.3 Å². The quantitative estimate of drug-likeness (QED) is 0.337. The minimum Gasteiger partial charge on any atom is -0.480 e. The van der Waals surface area contributed by atoms with Crippen LogP contribution in [0.2, 0.25) is 0 Å². The summed E-state index contributed by atoms with van der Waals surface area (Å²) in [4.78, 5) is 43.0. The molecule has 2 aliphatic rings. The number of rotatable bonds is 9. The Labute approximate surface area is 221 Å². The fourth-order valence-corrected chi connectivity index (χ4v) is 4.36. The maximum absolute atomic E-state index is 12.7. The van der Waals surface area contributed by atoms with Gasteiger partial charge in [0.05, 0.1) is 0 Å². The van der Waals surface area contributed by atoms with E-state index < -0.39 is 18.1 Å². The fourth-order valence-electron chi connectivity index (χ4n) is 4.36. The lowest BCUT2D eigenvalue weighted by atomic mass is 9.95. The number of anilines is 2. The van der Waals surface area contributed by atoms with E-state index in [0.29, 0.717) is 25.9 Å². The minimum absolute atomic E-state index is 0.0235. The average molecular weight is 523 g/mol. The van der Waals surface area contributed by atoms with Crippen LogP contribution in [-0.2, 0) is 20.9 Å².